The van der Waals surface area contributed by atoms with E-state index in [4.69, 9.17) is 4.74 Å². The minimum absolute atomic E-state index is 0.487. The van der Waals surface area contributed by atoms with E-state index in [1.807, 2.05) is 6.07 Å². The Morgan fingerprint density at radius 2 is 2.36 bits per heavy atom. The van der Waals surface area contributed by atoms with Gasteiger partial charge in [0.15, 0.2) is 6.29 Å². The molecule has 1 N–H and O–H groups in total. The fourth-order valence-electron chi connectivity index (χ4n) is 1.23. The fourth-order valence-corrected chi connectivity index (χ4v) is 1.73. The van der Waals surface area contributed by atoms with Crippen LogP contribution < -0.4 is 4.74 Å². The van der Waals surface area contributed by atoms with Crippen LogP contribution in [0.25, 0.3) is 11.0 Å². The van der Waals surface area contributed by atoms with Crippen molar-refractivity contribution in [3.63, 3.8) is 0 Å². The number of H-pyrrole nitrogens is 1. The van der Waals surface area contributed by atoms with Crippen molar-refractivity contribution in [2.45, 2.75) is 0 Å². The largest absolute Gasteiger partial charge is 0.481 e. The lowest BCUT2D eigenvalue weighted by molar-refractivity contribution is 0.111. The predicted molar refractivity (Wildman–Crippen MR) is 55.7 cm³/mol. The Labute approximate surface area is 88.4 Å². The Hall–Kier alpha value is -1.36. The van der Waals surface area contributed by atoms with Crippen molar-refractivity contribution < 1.29 is 9.53 Å². The summed E-state index contributed by atoms with van der Waals surface area (Å²) in [6.45, 7) is 0. The van der Waals surface area contributed by atoms with E-state index in [0.717, 1.165) is 11.8 Å². The van der Waals surface area contributed by atoms with E-state index in [-0.39, 0.29) is 0 Å². The van der Waals surface area contributed by atoms with Crippen molar-refractivity contribution in [1.29, 1.82) is 0 Å². The molecule has 0 atom stereocenters. The third kappa shape index (κ3) is 1.29. The van der Waals surface area contributed by atoms with Crippen LogP contribution in [-0.2, 0) is 0 Å². The summed E-state index contributed by atoms with van der Waals surface area (Å²) in [5, 5.41) is 0. The van der Waals surface area contributed by atoms with E-state index >= 15 is 0 Å². The summed E-state index contributed by atoms with van der Waals surface area (Å²) >= 11 is 3.29. The normalized spacial score (nSPS) is 10.4. The number of aldehydes is 1. The summed E-state index contributed by atoms with van der Waals surface area (Å²) in [7, 11) is 1.55. The number of hydrogen-bond donors (Lipinski definition) is 1. The van der Waals surface area contributed by atoms with Gasteiger partial charge in [-0.05, 0) is 22.0 Å². The van der Waals surface area contributed by atoms with Crippen molar-refractivity contribution in [3.8, 4) is 5.88 Å². The number of rotatable bonds is 2. The summed E-state index contributed by atoms with van der Waals surface area (Å²) in [5.41, 5.74) is 1.99. The highest BCUT2D eigenvalue weighted by molar-refractivity contribution is 9.10. The molecule has 0 aromatic carbocycles. The van der Waals surface area contributed by atoms with Crippen LogP contribution in [0.1, 0.15) is 10.5 Å². The maximum atomic E-state index is 10.6. The molecule has 2 heterocycles. The Balaban J connectivity index is 2.74. The number of pyridine rings is 1. The number of methoxy groups -OCH3 is 1. The highest BCUT2D eigenvalue weighted by Crippen LogP contribution is 2.26. The number of carbonyl (C=O) groups excluding carboxylic acids is 1. The molecule has 0 aliphatic carbocycles. The van der Waals surface area contributed by atoms with Crippen molar-refractivity contribution in [1.82, 2.24) is 9.97 Å². The van der Waals surface area contributed by atoms with Crippen molar-refractivity contribution in [2.75, 3.05) is 7.11 Å². The van der Waals surface area contributed by atoms with Gasteiger partial charge < -0.3 is 9.72 Å². The topological polar surface area (TPSA) is 55.0 Å². The molecule has 0 spiro atoms. The van der Waals surface area contributed by atoms with Crippen LogP contribution in [0.15, 0.2) is 16.6 Å². The first-order chi connectivity index (χ1) is 6.76. The molecular formula is C9H7BrN2O2. The van der Waals surface area contributed by atoms with E-state index in [0.29, 0.717) is 21.6 Å². The van der Waals surface area contributed by atoms with Crippen LogP contribution in [0.5, 0.6) is 5.88 Å². The number of aromatic amines is 1. The third-order valence-corrected chi connectivity index (χ3v) is 2.71. The first-order valence-corrected chi connectivity index (χ1v) is 4.73. The van der Waals surface area contributed by atoms with Gasteiger partial charge in [0, 0.05) is 6.07 Å². The van der Waals surface area contributed by atoms with Gasteiger partial charge in [-0.1, -0.05) is 0 Å². The molecule has 0 aliphatic rings. The molecule has 2 aromatic rings. The quantitative estimate of drug-likeness (QED) is 0.836. The average molecular weight is 255 g/mol. The zero-order chi connectivity index (χ0) is 10.1. The Morgan fingerprint density at radius 3 is 3.00 bits per heavy atom. The van der Waals surface area contributed by atoms with Crippen LogP contribution in [-0.4, -0.2) is 23.4 Å². The zero-order valence-electron chi connectivity index (χ0n) is 7.37. The summed E-state index contributed by atoms with van der Waals surface area (Å²) in [4.78, 5) is 17.8. The summed E-state index contributed by atoms with van der Waals surface area (Å²) in [6.07, 6.45) is 0.748. The maximum Gasteiger partial charge on any atom is 0.213 e. The monoisotopic (exact) mass is 254 g/mol. The first-order valence-electron chi connectivity index (χ1n) is 3.93. The van der Waals surface area contributed by atoms with E-state index in [1.54, 1.807) is 13.2 Å². The number of nitrogens with zero attached hydrogens (tertiary/aromatic N) is 1. The zero-order valence-corrected chi connectivity index (χ0v) is 8.96. The third-order valence-electron chi connectivity index (χ3n) is 1.91. The second-order valence-electron chi connectivity index (χ2n) is 2.72. The van der Waals surface area contributed by atoms with Crippen LogP contribution in [0.3, 0.4) is 0 Å². The summed E-state index contributed by atoms with van der Waals surface area (Å²) in [5.74, 6) is 0.523. The predicted octanol–water partition coefficient (Wildman–Crippen LogP) is 2.15. The standard InChI is InChI=1S/C9H7BrN2O2/c1-14-7-3-2-5-9(12-7)8(10)6(4-13)11-5/h2-4,11H,1H3. The Kier molecular flexibility index (Phi) is 2.25. The molecule has 0 bridgehead atoms. The highest BCUT2D eigenvalue weighted by Gasteiger charge is 2.09. The number of ether oxygens (including phenoxy) is 1. The molecule has 0 radical (unpaired) electrons. The summed E-state index contributed by atoms with van der Waals surface area (Å²) < 4.78 is 5.65. The molecule has 0 amide bonds. The van der Waals surface area contributed by atoms with E-state index < -0.39 is 0 Å². The van der Waals surface area contributed by atoms with Crippen LogP contribution in [0.2, 0.25) is 0 Å². The number of fused-ring (bicyclic) bond motifs is 1. The lowest BCUT2D eigenvalue weighted by Crippen LogP contribution is -1.86. The smallest absolute Gasteiger partial charge is 0.213 e. The lowest BCUT2D eigenvalue weighted by atomic mass is 10.4. The van der Waals surface area contributed by atoms with Crippen LogP contribution >= 0.6 is 15.9 Å². The number of nitrogens with one attached hydrogen (secondary N) is 1. The van der Waals surface area contributed by atoms with Crippen LogP contribution in [0, 0.1) is 0 Å². The Bertz CT molecular complexity index is 493. The molecule has 2 aromatic heterocycles. The van der Waals surface area contributed by atoms with Gasteiger partial charge in [-0.2, -0.15) is 0 Å². The van der Waals surface area contributed by atoms with Gasteiger partial charge in [-0.25, -0.2) is 4.98 Å². The molecular weight excluding hydrogens is 248 g/mol. The average Bonchev–Trinajstić information content (AvgIpc) is 2.55. The van der Waals surface area contributed by atoms with Gasteiger partial charge in [0.05, 0.1) is 22.8 Å². The molecule has 0 saturated carbocycles. The Morgan fingerprint density at radius 1 is 1.57 bits per heavy atom. The van der Waals surface area contributed by atoms with E-state index in [1.165, 1.54) is 0 Å². The second-order valence-corrected chi connectivity index (χ2v) is 3.51. The molecule has 14 heavy (non-hydrogen) atoms. The van der Waals surface area contributed by atoms with Crippen LogP contribution in [0.4, 0.5) is 0 Å². The maximum absolute atomic E-state index is 10.6. The van der Waals surface area contributed by atoms with Gasteiger partial charge >= 0.3 is 0 Å². The van der Waals surface area contributed by atoms with Gasteiger partial charge in [0.2, 0.25) is 5.88 Å². The van der Waals surface area contributed by atoms with Gasteiger partial charge in [-0.3, -0.25) is 4.79 Å². The molecule has 0 unspecified atom stereocenters. The van der Waals surface area contributed by atoms with Gasteiger partial charge in [0.1, 0.15) is 5.52 Å². The fraction of sp³-hybridized carbons (Fsp3) is 0.111. The van der Waals surface area contributed by atoms with Crippen molar-refractivity contribution in [2.24, 2.45) is 0 Å². The minimum Gasteiger partial charge on any atom is -0.481 e. The molecule has 72 valence electrons. The number of carbonyl (C=O) groups is 1. The number of hydrogen-bond acceptors (Lipinski definition) is 3. The summed E-state index contributed by atoms with van der Waals surface area (Å²) in [6, 6.07) is 3.55. The van der Waals surface area contributed by atoms with E-state index in [2.05, 4.69) is 25.9 Å². The number of aromatic nitrogens is 2. The molecule has 0 saturated heterocycles. The van der Waals surface area contributed by atoms with Crippen molar-refractivity contribution in [3.05, 3.63) is 22.3 Å². The molecule has 0 aliphatic heterocycles. The highest BCUT2D eigenvalue weighted by atomic mass is 79.9. The molecule has 2 rings (SSSR count). The number of halogens is 1. The second kappa shape index (κ2) is 3.42. The molecule has 0 fully saturated rings. The lowest BCUT2D eigenvalue weighted by Gasteiger charge is -1.96. The molecule has 5 heteroatoms. The van der Waals surface area contributed by atoms with Gasteiger partial charge in [0.25, 0.3) is 0 Å². The first kappa shape index (κ1) is 9.21. The minimum atomic E-state index is 0.487. The molecule has 4 nitrogen and oxygen atoms in total. The van der Waals surface area contributed by atoms with E-state index in [9.17, 15) is 4.79 Å². The SMILES string of the molecule is COc1ccc2[nH]c(C=O)c(Br)c2n1. The van der Waals surface area contributed by atoms with Gasteiger partial charge in [-0.15, -0.1) is 0 Å². The van der Waals surface area contributed by atoms with Crippen molar-refractivity contribution >= 4 is 33.2 Å².